The summed E-state index contributed by atoms with van der Waals surface area (Å²) >= 11 is 0. The van der Waals surface area contributed by atoms with Crippen LogP contribution in [-0.2, 0) is 16.1 Å². The summed E-state index contributed by atoms with van der Waals surface area (Å²) in [4.78, 5) is 11.3. The van der Waals surface area contributed by atoms with Crippen LogP contribution in [0.15, 0.2) is 36.0 Å². The van der Waals surface area contributed by atoms with Crippen molar-refractivity contribution in [2.24, 2.45) is 0 Å². The van der Waals surface area contributed by atoms with Crippen molar-refractivity contribution in [3.8, 4) is 6.07 Å². The zero-order chi connectivity index (χ0) is 13.4. The number of ether oxygens (including phenoxy) is 1. The lowest BCUT2D eigenvalue weighted by molar-refractivity contribution is -0.138. The van der Waals surface area contributed by atoms with Crippen molar-refractivity contribution < 1.29 is 9.53 Å². The lowest BCUT2D eigenvalue weighted by atomic mass is 10.1. The SMILES string of the molecule is CCOC(=O)/C(C#N)=C/NCc1ccc(C)cc1. The van der Waals surface area contributed by atoms with E-state index in [1.807, 2.05) is 31.2 Å². The molecular formula is C14H16N2O2. The second kappa shape index (κ2) is 7.13. The Morgan fingerprint density at radius 3 is 2.67 bits per heavy atom. The van der Waals surface area contributed by atoms with Crippen LogP contribution < -0.4 is 5.32 Å². The first-order valence-electron chi connectivity index (χ1n) is 5.73. The Hall–Kier alpha value is -2.28. The Bertz CT molecular complexity index is 470. The van der Waals surface area contributed by atoms with E-state index in [-0.39, 0.29) is 12.2 Å². The quantitative estimate of drug-likeness (QED) is 0.489. The zero-order valence-corrected chi connectivity index (χ0v) is 10.6. The average molecular weight is 244 g/mol. The molecule has 0 aliphatic heterocycles. The molecule has 0 saturated heterocycles. The molecule has 0 atom stereocenters. The van der Waals surface area contributed by atoms with E-state index < -0.39 is 5.97 Å². The van der Waals surface area contributed by atoms with Gasteiger partial charge in [-0.1, -0.05) is 29.8 Å². The van der Waals surface area contributed by atoms with Gasteiger partial charge >= 0.3 is 5.97 Å². The van der Waals surface area contributed by atoms with Crippen LogP contribution in [0.5, 0.6) is 0 Å². The largest absolute Gasteiger partial charge is 0.462 e. The number of esters is 1. The monoisotopic (exact) mass is 244 g/mol. The van der Waals surface area contributed by atoms with Gasteiger partial charge in [0.15, 0.2) is 5.57 Å². The molecule has 1 aromatic carbocycles. The highest BCUT2D eigenvalue weighted by Crippen LogP contribution is 2.03. The molecule has 0 radical (unpaired) electrons. The average Bonchev–Trinajstić information content (AvgIpc) is 2.37. The molecule has 0 heterocycles. The maximum atomic E-state index is 11.3. The minimum atomic E-state index is -0.601. The summed E-state index contributed by atoms with van der Waals surface area (Å²) in [5.74, 6) is -0.601. The Morgan fingerprint density at radius 2 is 2.11 bits per heavy atom. The maximum Gasteiger partial charge on any atom is 0.350 e. The third kappa shape index (κ3) is 4.30. The van der Waals surface area contributed by atoms with Crippen LogP contribution in [-0.4, -0.2) is 12.6 Å². The van der Waals surface area contributed by atoms with E-state index in [4.69, 9.17) is 10.00 Å². The van der Waals surface area contributed by atoms with Gasteiger partial charge in [-0.3, -0.25) is 0 Å². The molecule has 0 amide bonds. The van der Waals surface area contributed by atoms with Gasteiger partial charge in [0.1, 0.15) is 6.07 Å². The standard InChI is InChI=1S/C14H16N2O2/c1-3-18-14(17)13(8-15)10-16-9-12-6-4-11(2)5-7-12/h4-7,10,16H,3,9H2,1-2H3/b13-10+. The molecule has 18 heavy (non-hydrogen) atoms. The van der Waals surface area contributed by atoms with Gasteiger partial charge in [-0.05, 0) is 19.4 Å². The van der Waals surface area contributed by atoms with E-state index in [0.717, 1.165) is 5.56 Å². The number of nitrogens with zero attached hydrogens (tertiary/aromatic N) is 1. The van der Waals surface area contributed by atoms with Crippen molar-refractivity contribution in [1.82, 2.24) is 5.32 Å². The molecule has 0 aliphatic carbocycles. The number of nitrogens with one attached hydrogen (secondary N) is 1. The highest BCUT2D eigenvalue weighted by molar-refractivity contribution is 5.92. The molecule has 0 unspecified atom stereocenters. The smallest absolute Gasteiger partial charge is 0.350 e. The summed E-state index contributed by atoms with van der Waals surface area (Å²) < 4.78 is 4.74. The summed E-state index contributed by atoms with van der Waals surface area (Å²) in [6.45, 7) is 4.54. The lowest BCUT2D eigenvalue weighted by Gasteiger charge is -2.03. The van der Waals surface area contributed by atoms with E-state index in [9.17, 15) is 4.79 Å². The first kappa shape index (κ1) is 13.8. The van der Waals surface area contributed by atoms with Crippen molar-refractivity contribution in [3.63, 3.8) is 0 Å². The molecule has 1 N–H and O–H groups in total. The Kier molecular flexibility index (Phi) is 5.46. The summed E-state index contributed by atoms with van der Waals surface area (Å²) in [5, 5.41) is 11.7. The first-order chi connectivity index (χ1) is 8.67. The van der Waals surface area contributed by atoms with Crippen molar-refractivity contribution in [2.45, 2.75) is 20.4 Å². The molecule has 4 nitrogen and oxygen atoms in total. The van der Waals surface area contributed by atoms with E-state index in [0.29, 0.717) is 6.54 Å². The molecule has 0 fully saturated rings. The van der Waals surface area contributed by atoms with Gasteiger partial charge in [0.25, 0.3) is 0 Å². The molecular weight excluding hydrogens is 228 g/mol. The molecule has 1 aromatic rings. The number of aryl methyl sites for hydroxylation is 1. The molecule has 0 spiro atoms. The molecule has 0 aliphatic rings. The highest BCUT2D eigenvalue weighted by atomic mass is 16.5. The summed E-state index contributed by atoms with van der Waals surface area (Å²) in [7, 11) is 0. The number of rotatable bonds is 5. The second-order valence-electron chi connectivity index (χ2n) is 3.76. The van der Waals surface area contributed by atoms with Crippen molar-refractivity contribution in [1.29, 1.82) is 5.26 Å². The van der Waals surface area contributed by atoms with E-state index in [2.05, 4.69) is 5.32 Å². The first-order valence-corrected chi connectivity index (χ1v) is 5.73. The van der Waals surface area contributed by atoms with Gasteiger partial charge in [-0.25, -0.2) is 4.79 Å². The minimum absolute atomic E-state index is 0.0241. The molecule has 94 valence electrons. The molecule has 0 saturated carbocycles. The van der Waals surface area contributed by atoms with E-state index >= 15 is 0 Å². The molecule has 0 aromatic heterocycles. The molecule has 0 bridgehead atoms. The fraction of sp³-hybridized carbons (Fsp3) is 0.286. The summed E-state index contributed by atoms with van der Waals surface area (Å²) in [6, 6.07) is 9.81. The van der Waals surface area contributed by atoms with Crippen molar-refractivity contribution in [2.75, 3.05) is 6.61 Å². The predicted molar refractivity (Wildman–Crippen MR) is 68.3 cm³/mol. The zero-order valence-electron chi connectivity index (χ0n) is 10.6. The number of carbonyl (C=O) groups is 1. The predicted octanol–water partition coefficient (Wildman–Crippen LogP) is 2.06. The van der Waals surface area contributed by atoms with Crippen LogP contribution in [0, 0.1) is 18.3 Å². The van der Waals surface area contributed by atoms with Crippen LogP contribution in [0.2, 0.25) is 0 Å². The Balaban J connectivity index is 2.55. The van der Waals surface area contributed by atoms with Gasteiger partial charge in [-0.2, -0.15) is 5.26 Å². The number of carbonyl (C=O) groups excluding carboxylic acids is 1. The number of nitriles is 1. The number of hydrogen-bond donors (Lipinski definition) is 1. The van der Waals surface area contributed by atoms with Crippen LogP contribution in [0.4, 0.5) is 0 Å². The third-order valence-electron chi connectivity index (χ3n) is 2.29. The summed E-state index contributed by atoms with van der Waals surface area (Å²) in [6.07, 6.45) is 1.39. The number of hydrogen-bond acceptors (Lipinski definition) is 4. The maximum absolute atomic E-state index is 11.3. The van der Waals surface area contributed by atoms with Gasteiger partial charge < -0.3 is 10.1 Å². The second-order valence-corrected chi connectivity index (χ2v) is 3.76. The van der Waals surface area contributed by atoms with Crippen LogP contribution in [0.1, 0.15) is 18.1 Å². The van der Waals surface area contributed by atoms with Crippen LogP contribution in [0.25, 0.3) is 0 Å². The molecule has 1 rings (SSSR count). The topological polar surface area (TPSA) is 62.1 Å². The highest BCUT2D eigenvalue weighted by Gasteiger charge is 2.08. The van der Waals surface area contributed by atoms with Gasteiger partial charge in [0.05, 0.1) is 6.61 Å². The lowest BCUT2D eigenvalue weighted by Crippen LogP contribution is -2.12. The Morgan fingerprint density at radius 1 is 1.44 bits per heavy atom. The van der Waals surface area contributed by atoms with Gasteiger partial charge in [-0.15, -0.1) is 0 Å². The van der Waals surface area contributed by atoms with E-state index in [1.54, 1.807) is 13.0 Å². The van der Waals surface area contributed by atoms with E-state index in [1.165, 1.54) is 11.8 Å². The van der Waals surface area contributed by atoms with Gasteiger partial charge in [0.2, 0.25) is 0 Å². The Labute approximate surface area is 107 Å². The minimum Gasteiger partial charge on any atom is -0.462 e. The fourth-order valence-corrected chi connectivity index (χ4v) is 1.32. The summed E-state index contributed by atoms with van der Waals surface area (Å²) in [5.41, 5.74) is 2.25. The van der Waals surface area contributed by atoms with Crippen molar-refractivity contribution in [3.05, 3.63) is 47.2 Å². The van der Waals surface area contributed by atoms with Gasteiger partial charge in [0, 0.05) is 12.7 Å². The van der Waals surface area contributed by atoms with Crippen molar-refractivity contribution >= 4 is 5.97 Å². The van der Waals surface area contributed by atoms with Crippen LogP contribution >= 0.6 is 0 Å². The molecule has 4 heteroatoms. The normalized spacial score (nSPS) is 10.6. The fourth-order valence-electron chi connectivity index (χ4n) is 1.32. The number of benzene rings is 1. The van der Waals surface area contributed by atoms with Crippen LogP contribution in [0.3, 0.4) is 0 Å². The third-order valence-corrected chi connectivity index (χ3v) is 2.29.